The van der Waals surface area contributed by atoms with Crippen molar-refractivity contribution in [1.82, 2.24) is 9.80 Å². The Kier molecular flexibility index (Phi) is 5.96. The van der Waals surface area contributed by atoms with Gasteiger partial charge in [0.15, 0.2) is 0 Å². The minimum atomic E-state index is -0.570. The second-order valence-corrected chi connectivity index (χ2v) is 10.1. The maximum Gasteiger partial charge on any atom is 0.410 e. The van der Waals surface area contributed by atoms with Crippen molar-refractivity contribution in [1.29, 1.82) is 0 Å². The quantitative estimate of drug-likeness (QED) is 0.658. The topological polar surface area (TPSA) is 66.2 Å². The smallest absolute Gasteiger partial charge is 0.410 e. The summed E-state index contributed by atoms with van der Waals surface area (Å²) in [6.07, 6.45) is 1.33. The summed E-state index contributed by atoms with van der Waals surface area (Å²) in [5.74, 6) is 0. The van der Waals surface area contributed by atoms with Crippen LogP contribution in [0.3, 0.4) is 0 Å². The molecule has 2 aliphatic heterocycles. The van der Waals surface area contributed by atoms with Crippen LogP contribution in [-0.4, -0.2) is 60.8 Å². The van der Waals surface area contributed by atoms with Crippen molar-refractivity contribution in [3.63, 3.8) is 0 Å². The van der Waals surface area contributed by atoms with E-state index in [9.17, 15) is 9.59 Å². The summed E-state index contributed by atoms with van der Waals surface area (Å²) in [6.45, 7) is 13.5. The van der Waals surface area contributed by atoms with E-state index < -0.39 is 11.7 Å². The molecule has 0 saturated carbocycles. The van der Waals surface area contributed by atoms with Gasteiger partial charge in [0.25, 0.3) is 0 Å². The molecule has 1 atom stereocenters. The molecule has 3 heterocycles. The number of hydrogen-bond acceptors (Lipinski definition) is 6. The molecule has 2 aliphatic rings. The van der Waals surface area contributed by atoms with Crippen molar-refractivity contribution in [2.75, 3.05) is 38.1 Å². The van der Waals surface area contributed by atoms with Gasteiger partial charge in [-0.3, -0.25) is 4.90 Å². The molecule has 0 N–H and O–H groups in total. The molecule has 7 nitrogen and oxygen atoms in total. The first kappa shape index (κ1) is 22.6. The summed E-state index contributed by atoms with van der Waals surface area (Å²) >= 11 is 0. The number of rotatable bonds is 2. The van der Waals surface area contributed by atoms with Crippen molar-refractivity contribution in [2.45, 2.75) is 65.6 Å². The summed E-state index contributed by atoms with van der Waals surface area (Å²) in [5.41, 5.74) is 3.45. The normalized spacial score (nSPS) is 19.9. The number of fused-ring (bicyclic) bond motifs is 3. The molecule has 1 saturated heterocycles. The minimum absolute atomic E-state index is 0.222. The third-order valence-electron chi connectivity index (χ3n) is 6.73. The van der Waals surface area contributed by atoms with Gasteiger partial charge in [0.2, 0.25) is 0 Å². The van der Waals surface area contributed by atoms with Crippen LogP contribution in [0.1, 0.15) is 50.8 Å². The molecule has 0 bridgehead atoms. The number of ether oxygens (including phenoxy) is 1. The Labute approximate surface area is 189 Å². The zero-order chi connectivity index (χ0) is 23.2. The molecule has 1 fully saturated rings. The van der Waals surface area contributed by atoms with E-state index in [0.29, 0.717) is 30.2 Å². The van der Waals surface area contributed by atoms with Crippen LogP contribution in [0.5, 0.6) is 0 Å². The molecule has 7 heteroatoms. The fraction of sp³-hybridized carbons (Fsp3) is 0.600. The summed E-state index contributed by atoms with van der Waals surface area (Å²) in [5, 5.41) is 0.978. The molecule has 174 valence electrons. The molecule has 0 aliphatic carbocycles. The highest BCUT2D eigenvalue weighted by atomic mass is 16.6. The monoisotopic (exact) mass is 441 g/mol. The molecule has 1 aromatic carbocycles. The van der Waals surface area contributed by atoms with Gasteiger partial charge in [-0.1, -0.05) is 6.92 Å². The SMILES string of the molecule is CC[C@H]1CN(c2ccc3c4c(c(=O)oc3c2C)CN(C(=O)OC(C)(C)C)CC4)CCN1C. The molecule has 2 aromatic rings. The number of amides is 1. The number of anilines is 1. The van der Waals surface area contributed by atoms with Crippen LogP contribution in [0.2, 0.25) is 0 Å². The predicted molar refractivity (Wildman–Crippen MR) is 126 cm³/mol. The third kappa shape index (κ3) is 4.22. The second kappa shape index (κ2) is 8.43. The lowest BCUT2D eigenvalue weighted by Gasteiger charge is -2.41. The van der Waals surface area contributed by atoms with E-state index in [1.807, 2.05) is 27.7 Å². The molecule has 0 radical (unpaired) electrons. The number of aryl methyl sites for hydroxylation is 1. The fourth-order valence-electron chi connectivity index (χ4n) is 4.88. The first-order valence-electron chi connectivity index (χ1n) is 11.6. The number of nitrogens with zero attached hydrogens (tertiary/aromatic N) is 3. The molecule has 0 unspecified atom stereocenters. The Morgan fingerprint density at radius 2 is 1.94 bits per heavy atom. The van der Waals surface area contributed by atoms with Crippen LogP contribution in [0.4, 0.5) is 10.5 Å². The predicted octanol–water partition coefficient (Wildman–Crippen LogP) is 3.93. The Morgan fingerprint density at radius 1 is 1.19 bits per heavy atom. The van der Waals surface area contributed by atoms with Crippen LogP contribution in [0.25, 0.3) is 11.0 Å². The van der Waals surface area contributed by atoms with Crippen LogP contribution in [-0.2, 0) is 17.7 Å². The molecular formula is C25H35N3O4. The van der Waals surface area contributed by atoms with E-state index in [2.05, 4.69) is 35.9 Å². The highest BCUT2D eigenvalue weighted by molar-refractivity contribution is 5.88. The van der Waals surface area contributed by atoms with Gasteiger partial charge in [-0.05, 0) is 65.3 Å². The third-order valence-corrected chi connectivity index (χ3v) is 6.73. The van der Waals surface area contributed by atoms with E-state index in [4.69, 9.17) is 9.15 Å². The van der Waals surface area contributed by atoms with Gasteiger partial charge in [-0.15, -0.1) is 0 Å². The van der Waals surface area contributed by atoms with Crippen molar-refractivity contribution in [2.24, 2.45) is 0 Å². The highest BCUT2D eigenvalue weighted by Gasteiger charge is 2.30. The first-order valence-corrected chi connectivity index (χ1v) is 11.6. The molecule has 1 amide bonds. The summed E-state index contributed by atoms with van der Waals surface area (Å²) in [4.78, 5) is 31.9. The van der Waals surface area contributed by atoms with Gasteiger partial charge in [-0.25, -0.2) is 9.59 Å². The number of piperazine rings is 1. The van der Waals surface area contributed by atoms with E-state index in [-0.39, 0.29) is 12.2 Å². The summed E-state index contributed by atoms with van der Waals surface area (Å²) in [6, 6.07) is 4.77. The fourth-order valence-corrected chi connectivity index (χ4v) is 4.88. The lowest BCUT2D eigenvalue weighted by molar-refractivity contribution is 0.0222. The first-order chi connectivity index (χ1) is 15.1. The second-order valence-electron chi connectivity index (χ2n) is 10.1. The van der Waals surface area contributed by atoms with Gasteiger partial charge in [0.05, 0.1) is 12.1 Å². The van der Waals surface area contributed by atoms with Crippen molar-refractivity contribution >= 4 is 22.7 Å². The molecular weight excluding hydrogens is 406 g/mol. The largest absolute Gasteiger partial charge is 0.444 e. The Bertz CT molecular complexity index is 1090. The summed E-state index contributed by atoms with van der Waals surface area (Å²) < 4.78 is 11.3. The van der Waals surface area contributed by atoms with E-state index >= 15 is 0 Å². The van der Waals surface area contributed by atoms with Crippen LogP contribution in [0.15, 0.2) is 21.3 Å². The van der Waals surface area contributed by atoms with Gasteiger partial charge in [0, 0.05) is 48.9 Å². The zero-order valence-electron chi connectivity index (χ0n) is 20.2. The number of carbonyl (C=O) groups is 1. The van der Waals surface area contributed by atoms with Crippen molar-refractivity contribution < 1.29 is 13.9 Å². The van der Waals surface area contributed by atoms with E-state index in [1.54, 1.807) is 4.90 Å². The van der Waals surface area contributed by atoms with Crippen LogP contribution < -0.4 is 10.5 Å². The maximum absolute atomic E-state index is 12.9. The van der Waals surface area contributed by atoms with Gasteiger partial charge >= 0.3 is 11.7 Å². The van der Waals surface area contributed by atoms with E-state index in [1.165, 1.54) is 0 Å². The highest BCUT2D eigenvalue weighted by Crippen LogP contribution is 2.33. The summed E-state index contributed by atoms with van der Waals surface area (Å²) in [7, 11) is 2.19. The van der Waals surface area contributed by atoms with Gasteiger partial charge in [0.1, 0.15) is 11.2 Å². The maximum atomic E-state index is 12.9. The van der Waals surface area contributed by atoms with Gasteiger partial charge < -0.3 is 19.0 Å². The molecule has 0 spiro atoms. The minimum Gasteiger partial charge on any atom is -0.444 e. The number of carbonyl (C=O) groups excluding carboxylic acids is 1. The van der Waals surface area contributed by atoms with Gasteiger partial charge in [-0.2, -0.15) is 0 Å². The standard InChI is InChI=1S/C25H35N3O4/c1-7-17-14-27(13-12-26(17)6)21-9-8-19-18-10-11-28(24(30)32-25(3,4)5)15-20(18)23(29)31-22(19)16(21)2/h8-9,17H,7,10-15H2,1-6H3/t17-/m0/s1. The number of benzene rings is 1. The Balaban J connectivity index is 1.67. The number of hydrogen-bond donors (Lipinski definition) is 0. The van der Waals surface area contributed by atoms with Crippen molar-refractivity contribution in [3.8, 4) is 0 Å². The molecule has 32 heavy (non-hydrogen) atoms. The number of likely N-dealkylation sites (N-methyl/N-ethyl adjacent to an activating group) is 1. The van der Waals surface area contributed by atoms with Crippen molar-refractivity contribution in [3.05, 3.63) is 39.2 Å². The Morgan fingerprint density at radius 3 is 2.62 bits per heavy atom. The Hall–Kier alpha value is -2.54. The molecule has 1 aromatic heterocycles. The average Bonchev–Trinajstić information content (AvgIpc) is 2.74. The van der Waals surface area contributed by atoms with Crippen LogP contribution in [0, 0.1) is 6.92 Å². The molecule has 4 rings (SSSR count). The lowest BCUT2D eigenvalue weighted by atomic mass is 9.95. The van der Waals surface area contributed by atoms with E-state index in [0.717, 1.165) is 48.3 Å². The zero-order valence-corrected chi connectivity index (χ0v) is 20.2. The van der Waals surface area contributed by atoms with Crippen LogP contribution >= 0.6 is 0 Å². The average molecular weight is 442 g/mol. The lowest BCUT2D eigenvalue weighted by Crippen LogP contribution is -2.51.